The number of carboxylic acids is 1. The Morgan fingerprint density at radius 2 is 2.00 bits per heavy atom. The van der Waals surface area contributed by atoms with E-state index >= 15 is 0 Å². The average molecular weight is 285 g/mol. The van der Waals surface area contributed by atoms with E-state index in [1.807, 2.05) is 0 Å². The van der Waals surface area contributed by atoms with Crippen LogP contribution in [-0.4, -0.2) is 17.3 Å². The normalized spacial score (nSPS) is 13.4. The van der Waals surface area contributed by atoms with Crippen molar-refractivity contribution in [2.75, 3.05) is 0 Å². The molecule has 1 atom stereocenters. The number of alkyl halides is 3. The van der Waals surface area contributed by atoms with Gasteiger partial charge in [0.2, 0.25) is 0 Å². The van der Waals surface area contributed by atoms with Crippen molar-refractivity contribution in [1.29, 1.82) is 0 Å². The maximum Gasteiger partial charge on any atom is 0.392 e. The van der Waals surface area contributed by atoms with E-state index in [1.165, 1.54) is 12.1 Å². The number of halogens is 5. The van der Waals surface area contributed by atoms with Crippen molar-refractivity contribution in [2.24, 2.45) is 5.92 Å². The topological polar surface area (TPSA) is 37.3 Å². The number of benzene rings is 1. The molecule has 0 bridgehead atoms. The molecule has 1 N–H and O–H groups in total. The molecule has 0 aliphatic heterocycles. The molecule has 0 aliphatic rings. The van der Waals surface area contributed by atoms with Crippen molar-refractivity contribution >= 4 is 17.6 Å². The molecule has 0 radical (unpaired) electrons. The number of rotatable bonds is 4. The van der Waals surface area contributed by atoms with Gasteiger partial charge in [0.15, 0.2) is 0 Å². The minimum absolute atomic E-state index is 0.144. The molecule has 0 saturated heterocycles. The summed E-state index contributed by atoms with van der Waals surface area (Å²) in [4.78, 5) is 10.4. The summed E-state index contributed by atoms with van der Waals surface area (Å²) in [6.07, 6.45) is -6.63. The smallest absolute Gasteiger partial charge is 0.392 e. The lowest BCUT2D eigenvalue weighted by atomic mass is 9.95. The SMILES string of the molecule is O=C(O)CC(Cc1c(F)cccc1Cl)C(F)(F)F. The van der Waals surface area contributed by atoms with E-state index in [0.717, 1.165) is 6.07 Å². The van der Waals surface area contributed by atoms with Gasteiger partial charge in [0.1, 0.15) is 5.82 Å². The van der Waals surface area contributed by atoms with Gasteiger partial charge in [0.25, 0.3) is 0 Å². The summed E-state index contributed by atoms with van der Waals surface area (Å²) in [5.74, 6) is -4.63. The predicted octanol–water partition coefficient (Wildman–Crippen LogP) is 3.67. The number of aliphatic carboxylic acids is 1. The quantitative estimate of drug-likeness (QED) is 0.857. The van der Waals surface area contributed by atoms with Gasteiger partial charge in [-0.1, -0.05) is 17.7 Å². The van der Waals surface area contributed by atoms with Crippen molar-refractivity contribution < 1.29 is 27.5 Å². The molecule has 1 unspecified atom stereocenters. The zero-order valence-electron chi connectivity index (χ0n) is 8.97. The first-order valence-corrected chi connectivity index (χ1v) is 5.31. The predicted molar refractivity (Wildman–Crippen MR) is 56.9 cm³/mol. The molecule has 0 heterocycles. The van der Waals surface area contributed by atoms with Crippen LogP contribution in [0.15, 0.2) is 18.2 Å². The van der Waals surface area contributed by atoms with Gasteiger partial charge >= 0.3 is 12.1 Å². The summed E-state index contributed by atoms with van der Waals surface area (Å²) < 4.78 is 51.1. The van der Waals surface area contributed by atoms with Crippen LogP contribution in [0.4, 0.5) is 17.6 Å². The van der Waals surface area contributed by atoms with Crippen LogP contribution in [0.1, 0.15) is 12.0 Å². The maximum atomic E-state index is 13.3. The van der Waals surface area contributed by atoms with Gasteiger partial charge in [-0.3, -0.25) is 4.79 Å². The summed E-state index contributed by atoms with van der Waals surface area (Å²) in [5.41, 5.74) is -0.317. The average Bonchev–Trinajstić information content (AvgIpc) is 2.20. The minimum Gasteiger partial charge on any atom is -0.481 e. The molecule has 18 heavy (non-hydrogen) atoms. The highest BCUT2D eigenvalue weighted by atomic mass is 35.5. The molecule has 0 aromatic heterocycles. The van der Waals surface area contributed by atoms with Gasteiger partial charge in [-0.15, -0.1) is 0 Å². The molecule has 1 aromatic rings. The minimum atomic E-state index is -4.72. The molecule has 0 spiro atoms. The molecule has 100 valence electrons. The van der Waals surface area contributed by atoms with E-state index in [-0.39, 0.29) is 10.6 Å². The molecule has 0 fully saturated rings. The second-order valence-electron chi connectivity index (χ2n) is 3.74. The first-order chi connectivity index (χ1) is 8.21. The second kappa shape index (κ2) is 5.56. The second-order valence-corrected chi connectivity index (χ2v) is 4.15. The summed E-state index contributed by atoms with van der Waals surface area (Å²) in [7, 11) is 0. The van der Waals surface area contributed by atoms with Crippen molar-refractivity contribution in [3.05, 3.63) is 34.6 Å². The number of carboxylic acid groups (broad SMARTS) is 1. The van der Waals surface area contributed by atoms with Gasteiger partial charge in [0, 0.05) is 10.6 Å². The first-order valence-electron chi connectivity index (χ1n) is 4.93. The Bertz CT molecular complexity index is 425. The van der Waals surface area contributed by atoms with Crippen LogP contribution in [0.5, 0.6) is 0 Å². The lowest BCUT2D eigenvalue weighted by Crippen LogP contribution is -2.28. The third-order valence-corrected chi connectivity index (χ3v) is 2.75. The maximum absolute atomic E-state index is 13.3. The molecule has 1 rings (SSSR count). The van der Waals surface area contributed by atoms with Crippen LogP contribution in [0.2, 0.25) is 5.02 Å². The highest BCUT2D eigenvalue weighted by Gasteiger charge is 2.41. The van der Waals surface area contributed by atoms with E-state index in [0.29, 0.717) is 0 Å². The van der Waals surface area contributed by atoms with E-state index < -0.39 is 36.7 Å². The highest BCUT2D eigenvalue weighted by Crippen LogP contribution is 2.34. The van der Waals surface area contributed by atoms with E-state index in [2.05, 4.69) is 0 Å². The van der Waals surface area contributed by atoms with Gasteiger partial charge in [0.05, 0.1) is 12.3 Å². The van der Waals surface area contributed by atoms with Crippen molar-refractivity contribution in [2.45, 2.75) is 19.0 Å². The first kappa shape index (κ1) is 14.8. The van der Waals surface area contributed by atoms with Crippen molar-refractivity contribution in [3.8, 4) is 0 Å². The summed E-state index contributed by atoms with van der Waals surface area (Å²) in [5, 5.41) is 8.29. The molecular formula is C11H9ClF4O2. The Morgan fingerprint density at radius 3 is 2.44 bits per heavy atom. The molecule has 2 nitrogen and oxygen atoms in total. The number of hydrogen-bond acceptors (Lipinski definition) is 1. The van der Waals surface area contributed by atoms with Crippen LogP contribution in [0.25, 0.3) is 0 Å². The molecule has 0 amide bonds. The zero-order valence-corrected chi connectivity index (χ0v) is 9.72. The Labute approximate surface area is 105 Å². The Balaban J connectivity index is 3.00. The van der Waals surface area contributed by atoms with Crippen LogP contribution < -0.4 is 0 Å². The van der Waals surface area contributed by atoms with Gasteiger partial charge in [-0.05, 0) is 18.6 Å². The third-order valence-electron chi connectivity index (χ3n) is 2.40. The molecule has 0 aliphatic carbocycles. The lowest BCUT2D eigenvalue weighted by molar-refractivity contribution is -0.182. The van der Waals surface area contributed by atoms with Crippen LogP contribution in [0, 0.1) is 11.7 Å². The Morgan fingerprint density at radius 1 is 1.39 bits per heavy atom. The fraction of sp³-hybridized carbons (Fsp3) is 0.364. The van der Waals surface area contributed by atoms with Crippen molar-refractivity contribution in [3.63, 3.8) is 0 Å². The van der Waals surface area contributed by atoms with Gasteiger partial charge in [-0.25, -0.2) is 4.39 Å². The summed E-state index contributed by atoms with van der Waals surface area (Å²) >= 11 is 5.61. The van der Waals surface area contributed by atoms with E-state index in [4.69, 9.17) is 16.7 Å². The molecular weight excluding hydrogens is 276 g/mol. The Hall–Kier alpha value is -1.30. The number of hydrogen-bond donors (Lipinski definition) is 1. The van der Waals surface area contributed by atoms with Crippen LogP contribution >= 0.6 is 11.6 Å². The van der Waals surface area contributed by atoms with E-state index in [9.17, 15) is 22.4 Å². The summed E-state index contributed by atoms with van der Waals surface area (Å²) in [6.45, 7) is 0. The highest BCUT2D eigenvalue weighted by molar-refractivity contribution is 6.31. The van der Waals surface area contributed by atoms with Crippen LogP contribution in [0.3, 0.4) is 0 Å². The lowest BCUT2D eigenvalue weighted by Gasteiger charge is -2.19. The largest absolute Gasteiger partial charge is 0.481 e. The molecule has 1 aromatic carbocycles. The van der Waals surface area contributed by atoms with Crippen LogP contribution in [-0.2, 0) is 11.2 Å². The zero-order chi connectivity index (χ0) is 13.9. The van der Waals surface area contributed by atoms with E-state index in [1.54, 1.807) is 0 Å². The molecule has 7 heteroatoms. The van der Waals surface area contributed by atoms with Gasteiger partial charge < -0.3 is 5.11 Å². The third kappa shape index (κ3) is 3.87. The number of carbonyl (C=O) groups is 1. The Kier molecular flexibility index (Phi) is 4.56. The van der Waals surface area contributed by atoms with Gasteiger partial charge in [-0.2, -0.15) is 13.2 Å². The standard InChI is InChI=1S/C11H9ClF4O2/c12-8-2-1-3-9(13)7(8)4-6(5-10(17)18)11(14,15)16/h1-3,6H,4-5H2,(H,17,18). The molecule has 0 saturated carbocycles. The fourth-order valence-electron chi connectivity index (χ4n) is 1.49. The van der Waals surface area contributed by atoms with Crippen molar-refractivity contribution in [1.82, 2.24) is 0 Å². The monoisotopic (exact) mass is 284 g/mol. The fourth-order valence-corrected chi connectivity index (χ4v) is 1.73. The summed E-state index contributed by atoms with van der Waals surface area (Å²) in [6, 6.07) is 3.50.